The molecule has 2 aromatic carbocycles. The van der Waals surface area contributed by atoms with Crippen LogP contribution in [0.2, 0.25) is 0 Å². The second kappa shape index (κ2) is 9.89. The lowest BCUT2D eigenvalue weighted by molar-refractivity contribution is -0.137. The minimum Gasteiger partial charge on any atom is -0.386 e. The van der Waals surface area contributed by atoms with Crippen molar-refractivity contribution in [2.45, 2.75) is 30.0 Å². The molecule has 0 radical (unpaired) electrons. The number of hydrogen-bond acceptors (Lipinski definition) is 5. The van der Waals surface area contributed by atoms with E-state index in [-0.39, 0.29) is 36.6 Å². The predicted molar refractivity (Wildman–Crippen MR) is 142 cm³/mol. The summed E-state index contributed by atoms with van der Waals surface area (Å²) in [5.74, 6) is -0.382. The SMILES string of the molecule is O=S(=O)(c1ccc(C(F)(F)F)cc1)N1CCC2=Cc3c(cnn3-c3ccc(F)cc3)C[C@]2(C(O)c2ccccn2)C1. The van der Waals surface area contributed by atoms with E-state index in [4.69, 9.17) is 0 Å². The first-order valence-corrected chi connectivity index (χ1v) is 14.2. The van der Waals surface area contributed by atoms with Crippen molar-refractivity contribution in [3.63, 3.8) is 0 Å². The van der Waals surface area contributed by atoms with Crippen molar-refractivity contribution in [1.82, 2.24) is 19.1 Å². The van der Waals surface area contributed by atoms with E-state index in [1.165, 1.54) is 16.4 Å². The number of piperidine rings is 1. The molecule has 41 heavy (non-hydrogen) atoms. The Kier molecular flexibility index (Phi) is 6.59. The first kappa shape index (κ1) is 27.3. The number of sulfonamides is 1. The van der Waals surface area contributed by atoms with Crippen molar-refractivity contribution in [1.29, 1.82) is 0 Å². The zero-order valence-corrected chi connectivity index (χ0v) is 22.3. The van der Waals surface area contributed by atoms with E-state index in [1.807, 2.05) is 6.08 Å². The number of benzene rings is 2. The molecule has 4 aromatic rings. The molecule has 0 bridgehead atoms. The van der Waals surface area contributed by atoms with Gasteiger partial charge in [-0.1, -0.05) is 11.6 Å². The number of alkyl halides is 3. The van der Waals surface area contributed by atoms with Gasteiger partial charge >= 0.3 is 6.18 Å². The quantitative estimate of drug-likeness (QED) is 0.327. The van der Waals surface area contributed by atoms with Crippen molar-refractivity contribution < 1.29 is 31.1 Å². The van der Waals surface area contributed by atoms with E-state index in [9.17, 15) is 31.1 Å². The highest BCUT2D eigenvalue weighted by Gasteiger charge is 2.51. The fourth-order valence-corrected chi connectivity index (χ4v) is 7.21. The summed E-state index contributed by atoms with van der Waals surface area (Å²) >= 11 is 0. The van der Waals surface area contributed by atoms with Gasteiger partial charge in [-0.2, -0.15) is 22.6 Å². The smallest absolute Gasteiger partial charge is 0.386 e. The molecule has 3 heterocycles. The van der Waals surface area contributed by atoms with Gasteiger partial charge in [0.1, 0.15) is 11.9 Å². The van der Waals surface area contributed by atoms with Crippen LogP contribution in [-0.2, 0) is 22.6 Å². The topological polar surface area (TPSA) is 88.3 Å². The average Bonchev–Trinajstić information content (AvgIpc) is 3.37. The molecule has 1 aliphatic carbocycles. The predicted octanol–water partition coefficient (Wildman–Crippen LogP) is 5.18. The molecule has 0 amide bonds. The first-order chi connectivity index (χ1) is 19.5. The molecule has 12 heteroatoms. The van der Waals surface area contributed by atoms with Gasteiger partial charge in [0.2, 0.25) is 10.0 Å². The Labute approximate surface area is 233 Å². The van der Waals surface area contributed by atoms with E-state index in [0.29, 0.717) is 11.4 Å². The number of nitrogens with zero attached hydrogens (tertiary/aromatic N) is 4. The third kappa shape index (κ3) is 4.75. The van der Waals surface area contributed by atoms with Crippen LogP contribution in [0.1, 0.15) is 35.0 Å². The van der Waals surface area contributed by atoms with Crippen LogP contribution in [0, 0.1) is 11.2 Å². The Morgan fingerprint density at radius 2 is 1.73 bits per heavy atom. The fourth-order valence-electron chi connectivity index (χ4n) is 5.70. The molecular weight excluding hydrogens is 560 g/mol. The molecule has 6 rings (SSSR count). The number of halogens is 4. The van der Waals surface area contributed by atoms with Crippen LogP contribution < -0.4 is 0 Å². The summed E-state index contributed by atoms with van der Waals surface area (Å²) in [7, 11) is -4.20. The Balaban J connectivity index is 1.41. The Hall–Kier alpha value is -3.87. The maximum absolute atomic E-state index is 13.7. The van der Waals surface area contributed by atoms with Gasteiger partial charge in [0.25, 0.3) is 0 Å². The molecule has 1 aliphatic heterocycles. The van der Waals surface area contributed by atoms with Gasteiger partial charge in [0, 0.05) is 24.7 Å². The summed E-state index contributed by atoms with van der Waals surface area (Å²) in [4.78, 5) is 4.06. The van der Waals surface area contributed by atoms with Crippen molar-refractivity contribution >= 4 is 16.1 Å². The van der Waals surface area contributed by atoms with Crippen LogP contribution in [0.15, 0.2) is 89.6 Å². The molecular formula is C29H24F4N4O3S. The van der Waals surface area contributed by atoms with Crippen LogP contribution in [0.25, 0.3) is 11.8 Å². The third-order valence-corrected chi connectivity index (χ3v) is 9.67. The van der Waals surface area contributed by atoms with Crippen molar-refractivity contribution in [2.75, 3.05) is 13.1 Å². The van der Waals surface area contributed by atoms with Crippen molar-refractivity contribution in [2.24, 2.45) is 5.41 Å². The van der Waals surface area contributed by atoms with Gasteiger partial charge in [-0.15, -0.1) is 0 Å². The Morgan fingerprint density at radius 3 is 2.39 bits per heavy atom. The van der Waals surface area contributed by atoms with Gasteiger partial charge in [0.15, 0.2) is 0 Å². The van der Waals surface area contributed by atoms with Crippen molar-refractivity contribution in [3.05, 3.63) is 113 Å². The molecule has 2 atom stereocenters. The maximum Gasteiger partial charge on any atom is 0.416 e. The maximum atomic E-state index is 13.7. The summed E-state index contributed by atoms with van der Waals surface area (Å²) in [6.07, 6.45) is -0.223. The van der Waals surface area contributed by atoms with Gasteiger partial charge in [0.05, 0.1) is 33.7 Å². The van der Waals surface area contributed by atoms with Gasteiger partial charge < -0.3 is 5.11 Å². The number of aliphatic hydroxyl groups excluding tert-OH is 1. The highest BCUT2D eigenvalue weighted by atomic mass is 32.2. The monoisotopic (exact) mass is 584 g/mol. The molecule has 1 fully saturated rings. The molecule has 1 unspecified atom stereocenters. The summed E-state index contributed by atoms with van der Waals surface area (Å²) in [5, 5.41) is 16.3. The van der Waals surface area contributed by atoms with E-state index in [0.717, 1.165) is 41.1 Å². The highest BCUT2D eigenvalue weighted by molar-refractivity contribution is 7.89. The number of rotatable bonds is 5. The number of fused-ring (bicyclic) bond motifs is 2. The fraction of sp³-hybridized carbons (Fsp3) is 0.241. The highest BCUT2D eigenvalue weighted by Crippen LogP contribution is 2.52. The number of aromatic nitrogens is 3. The summed E-state index contributed by atoms with van der Waals surface area (Å²) in [5.41, 5.74) is 1.24. The Morgan fingerprint density at radius 1 is 1.00 bits per heavy atom. The molecule has 2 aromatic heterocycles. The van der Waals surface area contributed by atoms with E-state index >= 15 is 0 Å². The van der Waals surface area contributed by atoms with Gasteiger partial charge in [-0.3, -0.25) is 4.98 Å². The number of aliphatic hydroxyl groups is 1. The van der Waals surface area contributed by atoms with Crippen LogP contribution >= 0.6 is 0 Å². The zero-order valence-electron chi connectivity index (χ0n) is 21.5. The lowest BCUT2D eigenvalue weighted by Gasteiger charge is -2.48. The van der Waals surface area contributed by atoms with Crippen LogP contribution in [0.5, 0.6) is 0 Å². The average molecular weight is 585 g/mol. The molecule has 212 valence electrons. The second-order valence-electron chi connectivity index (χ2n) is 10.2. The van der Waals surface area contributed by atoms with Crippen LogP contribution in [0.3, 0.4) is 0 Å². The second-order valence-corrected chi connectivity index (χ2v) is 12.2. The largest absolute Gasteiger partial charge is 0.416 e. The molecule has 1 N–H and O–H groups in total. The minimum absolute atomic E-state index is 0.0614. The molecule has 2 aliphatic rings. The molecule has 7 nitrogen and oxygen atoms in total. The van der Waals surface area contributed by atoms with Crippen LogP contribution in [0.4, 0.5) is 17.6 Å². The molecule has 0 spiro atoms. The summed E-state index contributed by atoms with van der Waals surface area (Å²) in [6, 6.07) is 14.4. The van der Waals surface area contributed by atoms with Crippen molar-refractivity contribution in [3.8, 4) is 5.69 Å². The van der Waals surface area contributed by atoms with Crippen LogP contribution in [-0.4, -0.2) is 45.7 Å². The minimum atomic E-state index is -4.60. The molecule has 0 saturated carbocycles. The summed E-state index contributed by atoms with van der Waals surface area (Å²) in [6.45, 7) is -0.0625. The summed E-state index contributed by atoms with van der Waals surface area (Å²) < 4.78 is 83.0. The number of pyridine rings is 1. The first-order valence-electron chi connectivity index (χ1n) is 12.8. The standard InChI is InChI=1S/C29H24F4N4O3S/c30-22-6-8-23(9-7-22)37-26-15-21-12-14-36(41(39,40)24-10-4-20(5-11-24)29(31,32)33)18-28(21,16-19(26)17-35-37)27(38)25-3-1-2-13-34-25/h1-11,13,15,17,27,38H,12,14,16,18H2/t27?,28-/m0/s1. The van der Waals surface area contributed by atoms with E-state index < -0.39 is 33.3 Å². The number of hydrogen-bond donors (Lipinski definition) is 1. The lowest BCUT2D eigenvalue weighted by Crippen LogP contribution is -2.52. The van der Waals surface area contributed by atoms with Gasteiger partial charge in [-0.25, -0.2) is 17.5 Å². The third-order valence-electron chi connectivity index (χ3n) is 7.81. The zero-order chi connectivity index (χ0) is 29.0. The molecule has 1 saturated heterocycles. The van der Waals surface area contributed by atoms with E-state index in [1.54, 1.807) is 47.4 Å². The lowest BCUT2D eigenvalue weighted by atomic mass is 9.64. The Bertz CT molecular complexity index is 1720. The van der Waals surface area contributed by atoms with E-state index in [2.05, 4.69) is 10.1 Å². The normalized spacial score (nSPS) is 20.2. The van der Waals surface area contributed by atoms with Gasteiger partial charge in [-0.05, 0) is 85.1 Å².